The van der Waals surface area contributed by atoms with E-state index in [0.717, 1.165) is 0 Å². The molecule has 1 aromatic rings. The van der Waals surface area contributed by atoms with Crippen molar-refractivity contribution in [3.63, 3.8) is 0 Å². The van der Waals surface area contributed by atoms with Crippen molar-refractivity contribution in [3.05, 3.63) is 29.8 Å². The molecule has 0 radical (unpaired) electrons. The van der Waals surface area contributed by atoms with Crippen LogP contribution in [0.4, 0.5) is 0 Å². The van der Waals surface area contributed by atoms with E-state index in [0.29, 0.717) is 18.4 Å². The Balaban J connectivity index is 2.33. The van der Waals surface area contributed by atoms with E-state index in [2.05, 4.69) is 11.8 Å². The number of rotatable bonds is 2. The van der Waals surface area contributed by atoms with E-state index < -0.39 is 15.6 Å². The van der Waals surface area contributed by atoms with Gasteiger partial charge in [0.05, 0.1) is 10.5 Å². The van der Waals surface area contributed by atoms with Gasteiger partial charge in [0.2, 0.25) is 10.0 Å². The first-order valence-electron chi connectivity index (χ1n) is 6.78. The highest BCUT2D eigenvalue weighted by Gasteiger charge is 2.34. The van der Waals surface area contributed by atoms with Crippen LogP contribution in [0.1, 0.15) is 25.3 Å². The molecule has 1 heterocycles. The highest BCUT2D eigenvalue weighted by atomic mass is 32.2. The Morgan fingerprint density at radius 1 is 1.29 bits per heavy atom. The molecule has 0 aliphatic carbocycles. The van der Waals surface area contributed by atoms with Gasteiger partial charge in [0, 0.05) is 18.7 Å². The van der Waals surface area contributed by atoms with Crippen LogP contribution in [0, 0.1) is 11.8 Å². The molecule has 5 nitrogen and oxygen atoms in total. The number of aliphatic hydroxyl groups excluding tert-OH is 1. The van der Waals surface area contributed by atoms with Crippen LogP contribution in [0.2, 0.25) is 0 Å². The zero-order valence-corrected chi connectivity index (χ0v) is 12.7. The molecule has 0 aromatic heterocycles. The Labute approximate surface area is 125 Å². The SMILES string of the molecule is CC1(O)CCN(S(=O)(=O)c2ccccc2C#CCO)CC1. The molecule has 1 saturated heterocycles. The molecule has 0 saturated carbocycles. The van der Waals surface area contributed by atoms with Gasteiger partial charge in [-0.25, -0.2) is 8.42 Å². The van der Waals surface area contributed by atoms with Crippen molar-refractivity contribution in [2.75, 3.05) is 19.7 Å². The molecular formula is C15H19NO4S. The van der Waals surface area contributed by atoms with Crippen LogP contribution in [0.15, 0.2) is 29.2 Å². The Morgan fingerprint density at radius 2 is 1.90 bits per heavy atom. The molecule has 0 unspecified atom stereocenters. The number of sulfonamides is 1. The standard InChI is InChI=1S/C15H19NO4S/c1-15(18)8-10-16(11-9-15)21(19,20)14-7-3-2-5-13(14)6-4-12-17/h2-3,5,7,17-18H,8-12H2,1H3. The highest BCUT2D eigenvalue weighted by Crippen LogP contribution is 2.27. The van der Waals surface area contributed by atoms with Gasteiger partial charge in [-0.2, -0.15) is 4.31 Å². The van der Waals surface area contributed by atoms with Crippen LogP contribution in [-0.2, 0) is 10.0 Å². The summed E-state index contributed by atoms with van der Waals surface area (Å²) in [6.07, 6.45) is 0.827. The Kier molecular flexibility index (Phi) is 4.69. The van der Waals surface area contributed by atoms with Gasteiger partial charge in [0.25, 0.3) is 0 Å². The van der Waals surface area contributed by atoms with Gasteiger partial charge in [-0.05, 0) is 31.9 Å². The predicted octanol–water partition coefficient (Wildman–Crippen LogP) is 0.566. The molecule has 2 N–H and O–H groups in total. The van der Waals surface area contributed by atoms with Crippen molar-refractivity contribution in [1.29, 1.82) is 0 Å². The van der Waals surface area contributed by atoms with E-state index in [4.69, 9.17) is 5.11 Å². The monoisotopic (exact) mass is 309 g/mol. The Hall–Kier alpha value is -1.39. The number of nitrogens with zero attached hydrogens (tertiary/aromatic N) is 1. The van der Waals surface area contributed by atoms with E-state index in [-0.39, 0.29) is 24.6 Å². The summed E-state index contributed by atoms with van der Waals surface area (Å²) in [5, 5.41) is 18.7. The summed E-state index contributed by atoms with van der Waals surface area (Å²) in [5.41, 5.74) is -0.425. The molecule has 0 atom stereocenters. The molecule has 0 spiro atoms. The maximum absolute atomic E-state index is 12.7. The molecule has 6 heteroatoms. The van der Waals surface area contributed by atoms with Crippen molar-refractivity contribution in [2.45, 2.75) is 30.3 Å². The zero-order valence-electron chi connectivity index (χ0n) is 11.9. The molecule has 0 bridgehead atoms. The average molecular weight is 309 g/mol. The van der Waals surface area contributed by atoms with Crippen molar-refractivity contribution in [2.24, 2.45) is 0 Å². The predicted molar refractivity (Wildman–Crippen MR) is 79.0 cm³/mol. The van der Waals surface area contributed by atoms with E-state index >= 15 is 0 Å². The number of piperidine rings is 1. The third-order valence-corrected chi connectivity index (χ3v) is 5.56. The topological polar surface area (TPSA) is 77.8 Å². The summed E-state index contributed by atoms with van der Waals surface area (Å²) < 4.78 is 26.8. The fraction of sp³-hybridized carbons (Fsp3) is 0.467. The van der Waals surface area contributed by atoms with Gasteiger partial charge in [0.15, 0.2) is 0 Å². The zero-order chi connectivity index (χ0) is 15.5. The molecule has 2 rings (SSSR count). The second-order valence-corrected chi connectivity index (χ2v) is 7.26. The summed E-state index contributed by atoms with van der Waals surface area (Å²) in [4.78, 5) is 0.146. The first-order chi connectivity index (χ1) is 9.87. The summed E-state index contributed by atoms with van der Waals surface area (Å²) in [7, 11) is -3.64. The van der Waals surface area contributed by atoms with Gasteiger partial charge in [-0.1, -0.05) is 24.0 Å². The molecule has 1 fully saturated rings. The molecule has 1 aliphatic heterocycles. The maximum Gasteiger partial charge on any atom is 0.244 e. The van der Waals surface area contributed by atoms with E-state index in [1.165, 1.54) is 10.4 Å². The summed E-state index contributed by atoms with van der Waals surface area (Å²) in [6, 6.07) is 6.50. The van der Waals surface area contributed by atoms with Gasteiger partial charge >= 0.3 is 0 Å². The van der Waals surface area contributed by atoms with Crippen LogP contribution in [0.5, 0.6) is 0 Å². The third-order valence-electron chi connectivity index (χ3n) is 3.61. The van der Waals surface area contributed by atoms with E-state index in [1.54, 1.807) is 25.1 Å². The van der Waals surface area contributed by atoms with Gasteiger partial charge in [-0.15, -0.1) is 0 Å². The first-order valence-corrected chi connectivity index (χ1v) is 8.22. The number of benzene rings is 1. The second kappa shape index (κ2) is 6.16. The molecular weight excluding hydrogens is 290 g/mol. The minimum Gasteiger partial charge on any atom is -0.390 e. The maximum atomic E-state index is 12.7. The Morgan fingerprint density at radius 3 is 2.52 bits per heavy atom. The molecule has 21 heavy (non-hydrogen) atoms. The fourth-order valence-corrected chi connectivity index (χ4v) is 3.87. The van der Waals surface area contributed by atoms with Crippen molar-refractivity contribution >= 4 is 10.0 Å². The third kappa shape index (κ3) is 3.63. The number of aliphatic hydroxyl groups is 2. The largest absolute Gasteiger partial charge is 0.390 e. The normalized spacial score (nSPS) is 18.8. The van der Waals surface area contributed by atoms with Crippen LogP contribution >= 0.6 is 0 Å². The van der Waals surface area contributed by atoms with Gasteiger partial charge in [-0.3, -0.25) is 0 Å². The smallest absolute Gasteiger partial charge is 0.244 e. The quantitative estimate of drug-likeness (QED) is 0.783. The van der Waals surface area contributed by atoms with Crippen LogP contribution in [0.25, 0.3) is 0 Å². The molecule has 1 aromatic carbocycles. The van der Waals surface area contributed by atoms with E-state index in [9.17, 15) is 13.5 Å². The molecule has 0 amide bonds. The van der Waals surface area contributed by atoms with Crippen molar-refractivity contribution in [3.8, 4) is 11.8 Å². The second-order valence-electron chi connectivity index (χ2n) is 5.36. The van der Waals surface area contributed by atoms with Gasteiger partial charge in [0.1, 0.15) is 6.61 Å². The Bertz CT molecular complexity index is 660. The minimum absolute atomic E-state index is 0.146. The van der Waals surface area contributed by atoms with Gasteiger partial charge < -0.3 is 10.2 Å². The lowest BCUT2D eigenvalue weighted by molar-refractivity contribution is 0.0126. The number of hydrogen-bond donors (Lipinski definition) is 2. The average Bonchev–Trinajstić information content (AvgIpc) is 2.45. The lowest BCUT2D eigenvalue weighted by Crippen LogP contribution is -2.45. The fourth-order valence-electron chi connectivity index (χ4n) is 2.28. The summed E-state index contributed by atoms with van der Waals surface area (Å²) in [6.45, 7) is 1.98. The van der Waals surface area contributed by atoms with Crippen molar-refractivity contribution in [1.82, 2.24) is 4.31 Å². The summed E-state index contributed by atoms with van der Waals surface area (Å²) >= 11 is 0. The highest BCUT2D eigenvalue weighted by molar-refractivity contribution is 7.89. The lowest BCUT2D eigenvalue weighted by atomic mass is 9.95. The van der Waals surface area contributed by atoms with Crippen LogP contribution in [-0.4, -0.2) is 48.2 Å². The molecule has 1 aliphatic rings. The van der Waals surface area contributed by atoms with E-state index in [1.807, 2.05) is 0 Å². The van der Waals surface area contributed by atoms with Crippen molar-refractivity contribution < 1.29 is 18.6 Å². The first kappa shape index (κ1) is 16.0. The molecule has 114 valence electrons. The van der Waals surface area contributed by atoms with Crippen LogP contribution < -0.4 is 0 Å². The van der Waals surface area contributed by atoms with Crippen LogP contribution in [0.3, 0.4) is 0 Å². The lowest BCUT2D eigenvalue weighted by Gasteiger charge is -2.35. The number of hydrogen-bond acceptors (Lipinski definition) is 4. The minimum atomic E-state index is -3.64. The summed E-state index contributed by atoms with van der Waals surface area (Å²) in [5.74, 6) is 5.14.